The molecule has 0 heterocycles. The van der Waals surface area contributed by atoms with E-state index in [1.54, 1.807) is 24.3 Å². The molecule has 0 spiro atoms. The van der Waals surface area contributed by atoms with E-state index >= 15 is 0 Å². The second-order valence-corrected chi connectivity index (χ2v) is 4.44. The molecule has 0 unspecified atom stereocenters. The van der Waals surface area contributed by atoms with Crippen LogP contribution in [0.5, 0.6) is 11.5 Å². The maximum atomic E-state index is 11.3. The van der Waals surface area contributed by atoms with Crippen LogP contribution in [0.1, 0.15) is 15.9 Å². The Kier molecular flexibility index (Phi) is 5.68. The zero-order valence-corrected chi connectivity index (χ0v) is 12.2. The summed E-state index contributed by atoms with van der Waals surface area (Å²) in [5.41, 5.74) is 1.42. The van der Waals surface area contributed by atoms with Crippen molar-refractivity contribution < 1.29 is 23.8 Å². The van der Waals surface area contributed by atoms with Crippen LogP contribution < -0.4 is 4.74 Å². The first-order valence-corrected chi connectivity index (χ1v) is 6.69. The number of ether oxygens (including phenoxy) is 3. The highest BCUT2D eigenvalue weighted by atomic mass is 16.5. The van der Waals surface area contributed by atoms with E-state index in [-0.39, 0.29) is 12.6 Å². The Hall–Kier alpha value is -2.66. The van der Waals surface area contributed by atoms with E-state index < -0.39 is 0 Å². The third kappa shape index (κ3) is 4.43. The van der Waals surface area contributed by atoms with E-state index in [9.17, 15) is 9.59 Å². The molecule has 0 aromatic heterocycles. The number of benzene rings is 2. The van der Waals surface area contributed by atoms with Crippen LogP contribution in [0.2, 0.25) is 0 Å². The molecule has 22 heavy (non-hydrogen) atoms. The van der Waals surface area contributed by atoms with Gasteiger partial charge in [-0.05, 0) is 42.0 Å². The van der Waals surface area contributed by atoms with Crippen molar-refractivity contribution in [1.29, 1.82) is 0 Å². The van der Waals surface area contributed by atoms with Gasteiger partial charge in [-0.3, -0.25) is 0 Å². The Morgan fingerprint density at radius 3 is 2.14 bits per heavy atom. The normalized spacial score (nSPS) is 10.0. The zero-order chi connectivity index (χ0) is 15.8. The van der Waals surface area contributed by atoms with Gasteiger partial charge in [0.05, 0.1) is 19.3 Å². The van der Waals surface area contributed by atoms with Crippen molar-refractivity contribution in [3.8, 4) is 11.5 Å². The largest absolute Gasteiger partial charge is 0.465 e. The highest BCUT2D eigenvalue weighted by Crippen LogP contribution is 2.22. The summed E-state index contributed by atoms with van der Waals surface area (Å²) >= 11 is 0. The molecule has 5 heteroatoms. The quantitative estimate of drug-likeness (QED) is 0.447. The van der Waals surface area contributed by atoms with Crippen molar-refractivity contribution >= 4 is 12.3 Å². The molecule has 0 aliphatic heterocycles. The Labute approximate surface area is 128 Å². The first-order chi connectivity index (χ1) is 10.7. The second kappa shape index (κ2) is 7.95. The second-order valence-electron chi connectivity index (χ2n) is 4.44. The Morgan fingerprint density at radius 2 is 1.59 bits per heavy atom. The summed E-state index contributed by atoms with van der Waals surface area (Å²) < 4.78 is 15.4. The molecule has 0 saturated heterocycles. The van der Waals surface area contributed by atoms with Crippen LogP contribution in [0.3, 0.4) is 0 Å². The van der Waals surface area contributed by atoms with Crippen molar-refractivity contribution in [2.45, 2.75) is 6.61 Å². The van der Waals surface area contributed by atoms with Gasteiger partial charge in [0.1, 0.15) is 24.4 Å². The van der Waals surface area contributed by atoms with Gasteiger partial charge in [-0.15, -0.1) is 0 Å². The lowest BCUT2D eigenvalue weighted by atomic mass is 10.2. The average Bonchev–Trinajstić information content (AvgIpc) is 2.57. The maximum absolute atomic E-state index is 11.3. The number of aldehydes is 1. The lowest BCUT2D eigenvalue weighted by molar-refractivity contribution is -0.112. The predicted octanol–water partition coefficient (Wildman–Crippen LogP) is 2.98. The number of carbonyl (C=O) groups is 2. The van der Waals surface area contributed by atoms with Crippen LogP contribution in [0.4, 0.5) is 0 Å². The van der Waals surface area contributed by atoms with E-state index in [1.165, 1.54) is 7.11 Å². The van der Waals surface area contributed by atoms with Crippen molar-refractivity contribution in [2.75, 3.05) is 13.7 Å². The molecular formula is C17H16O5. The number of methoxy groups -OCH3 is 1. The van der Waals surface area contributed by atoms with Crippen LogP contribution in [0, 0.1) is 0 Å². The molecule has 2 aromatic rings. The van der Waals surface area contributed by atoms with Crippen LogP contribution in [-0.4, -0.2) is 26.0 Å². The standard InChI is InChI=1S/C17H16O5/c1-20-17(19)14-4-8-16(9-5-14)22-15-6-2-13(3-7-15)12-21-11-10-18/h2-10H,11-12H2,1H3. The number of hydrogen-bond donors (Lipinski definition) is 0. The van der Waals surface area contributed by atoms with E-state index in [0.29, 0.717) is 23.7 Å². The molecule has 0 fully saturated rings. The molecule has 0 radical (unpaired) electrons. The molecule has 0 aliphatic rings. The number of carbonyl (C=O) groups excluding carboxylic acids is 2. The highest BCUT2D eigenvalue weighted by molar-refractivity contribution is 5.89. The highest BCUT2D eigenvalue weighted by Gasteiger charge is 2.05. The molecule has 0 amide bonds. The van der Waals surface area contributed by atoms with Crippen molar-refractivity contribution in [2.24, 2.45) is 0 Å². The van der Waals surface area contributed by atoms with Gasteiger partial charge in [0, 0.05) is 0 Å². The molecular weight excluding hydrogens is 284 g/mol. The van der Waals surface area contributed by atoms with Gasteiger partial charge in [0.25, 0.3) is 0 Å². The fourth-order valence-corrected chi connectivity index (χ4v) is 1.79. The molecule has 5 nitrogen and oxygen atoms in total. The maximum Gasteiger partial charge on any atom is 0.337 e. The van der Waals surface area contributed by atoms with Crippen molar-refractivity contribution in [1.82, 2.24) is 0 Å². The smallest absolute Gasteiger partial charge is 0.337 e. The number of rotatable bonds is 7. The summed E-state index contributed by atoms with van der Waals surface area (Å²) in [6, 6.07) is 14.0. The minimum absolute atomic E-state index is 0.0881. The van der Waals surface area contributed by atoms with E-state index in [2.05, 4.69) is 4.74 Å². The van der Waals surface area contributed by atoms with Gasteiger partial charge < -0.3 is 19.0 Å². The third-order valence-electron chi connectivity index (χ3n) is 2.89. The minimum atomic E-state index is -0.383. The third-order valence-corrected chi connectivity index (χ3v) is 2.89. The van der Waals surface area contributed by atoms with Crippen molar-refractivity contribution in [3.63, 3.8) is 0 Å². The van der Waals surface area contributed by atoms with E-state index in [0.717, 1.165) is 11.8 Å². The Bertz CT molecular complexity index is 617. The zero-order valence-electron chi connectivity index (χ0n) is 12.2. The summed E-state index contributed by atoms with van der Waals surface area (Å²) in [6.45, 7) is 0.470. The van der Waals surface area contributed by atoms with Gasteiger partial charge in [0.2, 0.25) is 0 Å². The SMILES string of the molecule is COC(=O)c1ccc(Oc2ccc(COCC=O)cc2)cc1. The van der Waals surface area contributed by atoms with Gasteiger partial charge >= 0.3 is 5.97 Å². The summed E-state index contributed by atoms with van der Waals surface area (Å²) in [6.07, 6.45) is 0.718. The van der Waals surface area contributed by atoms with Crippen LogP contribution in [-0.2, 0) is 20.9 Å². The Balaban J connectivity index is 1.95. The van der Waals surface area contributed by atoms with Gasteiger partial charge in [-0.1, -0.05) is 12.1 Å². The Morgan fingerprint density at radius 1 is 1.00 bits per heavy atom. The number of hydrogen-bond acceptors (Lipinski definition) is 5. The summed E-state index contributed by atoms with van der Waals surface area (Å²) in [7, 11) is 1.34. The molecule has 0 bridgehead atoms. The van der Waals surface area contributed by atoms with Gasteiger partial charge in [-0.25, -0.2) is 4.79 Å². The lowest BCUT2D eigenvalue weighted by Crippen LogP contribution is -2.00. The van der Waals surface area contributed by atoms with E-state index in [1.807, 2.05) is 24.3 Å². The molecule has 0 N–H and O–H groups in total. The predicted molar refractivity (Wildman–Crippen MR) is 80.0 cm³/mol. The summed E-state index contributed by atoms with van der Waals surface area (Å²) in [5.74, 6) is 0.911. The fourth-order valence-electron chi connectivity index (χ4n) is 1.79. The molecule has 2 rings (SSSR count). The van der Waals surface area contributed by atoms with Crippen molar-refractivity contribution in [3.05, 3.63) is 59.7 Å². The first kappa shape index (κ1) is 15.7. The molecule has 0 atom stereocenters. The lowest BCUT2D eigenvalue weighted by Gasteiger charge is -2.07. The van der Waals surface area contributed by atoms with E-state index in [4.69, 9.17) is 9.47 Å². The molecule has 0 saturated carbocycles. The topological polar surface area (TPSA) is 61.8 Å². The minimum Gasteiger partial charge on any atom is -0.465 e. The van der Waals surface area contributed by atoms with Crippen LogP contribution >= 0.6 is 0 Å². The molecule has 114 valence electrons. The fraction of sp³-hybridized carbons (Fsp3) is 0.176. The number of esters is 1. The molecule has 0 aliphatic carbocycles. The van der Waals surface area contributed by atoms with Crippen LogP contribution in [0.25, 0.3) is 0 Å². The first-order valence-electron chi connectivity index (χ1n) is 6.69. The summed E-state index contributed by atoms with van der Waals surface area (Å²) in [5, 5.41) is 0. The summed E-state index contributed by atoms with van der Waals surface area (Å²) in [4.78, 5) is 21.5. The van der Waals surface area contributed by atoms with Crippen LogP contribution in [0.15, 0.2) is 48.5 Å². The monoisotopic (exact) mass is 300 g/mol. The van der Waals surface area contributed by atoms with Gasteiger partial charge in [0.15, 0.2) is 0 Å². The average molecular weight is 300 g/mol. The van der Waals surface area contributed by atoms with Gasteiger partial charge in [-0.2, -0.15) is 0 Å². The molecule has 2 aromatic carbocycles.